The van der Waals surface area contributed by atoms with Crippen LogP contribution in [-0.2, 0) is 24.2 Å². The average Bonchev–Trinajstić information content (AvgIpc) is 2.80. The van der Waals surface area contributed by atoms with Crippen molar-refractivity contribution in [3.8, 4) is 0 Å². The summed E-state index contributed by atoms with van der Waals surface area (Å²) in [5.41, 5.74) is 0.973. The van der Waals surface area contributed by atoms with Crippen LogP contribution in [0, 0.1) is 11.8 Å². The summed E-state index contributed by atoms with van der Waals surface area (Å²) in [6.45, 7) is 9.05. The van der Waals surface area contributed by atoms with Gasteiger partial charge < -0.3 is 10.6 Å². The number of ether oxygens (including phenoxy) is 1. The molecular formula is C16H23N3O2S. The maximum absolute atomic E-state index is 12.7. The summed E-state index contributed by atoms with van der Waals surface area (Å²) in [5.74, 6) is 7.49. The summed E-state index contributed by atoms with van der Waals surface area (Å²) in [4.78, 5) is 19.3. The Hall–Kier alpha value is -1.40. The van der Waals surface area contributed by atoms with Crippen LogP contribution >= 0.6 is 11.3 Å². The van der Waals surface area contributed by atoms with Gasteiger partial charge in [-0.15, -0.1) is 11.3 Å². The van der Waals surface area contributed by atoms with E-state index in [0.29, 0.717) is 36.1 Å². The first-order chi connectivity index (χ1) is 10.4. The number of fused-ring (bicyclic) bond motifs is 3. The molecule has 120 valence electrons. The van der Waals surface area contributed by atoms with Crippen molar-refractivity contribution >= 4 is 21.6 Å². The SMILES string of the molecule is CC(C)Cc1nc2sc3c(c2c(=O)n1N)C[C@H](C(C)C)OC3. The molecule has 0 radical (unpaired) electrons. The van der Waals surface area contributed by atoms with E-state index in [2.05, 4.69) is 32.7 Å². The molecule has 3 heterocycles. The fraction of sp³-hybridized carbons (Fsp3) is 0.625. The quantitative estimate of drug-likeness (QED) is 0.882. The second-order valence-corrected chi connectivity index (χ2v) is 7.87. The summed E-state index contributed by atoms with van der Waals surface area (Å²) in [6, 6.07) is 0. The summed E-state index contributed by atoms with van der Waals surface area (Å²) < 4.78 is 7.13. The van der Waals surface area contributed by atoms with Crippen molar-refractivity contribution in [1.82, 2.24) is 9.66 Å². The van der Waals surface area contributed by atoms with Crippen molar-refractivity contribution < 1.29 is 4.74 Å². The van der Waals surface area contributed by atoms with E-state index in [1.165, 1.54) is 4.68 Å². The van der Waals surface area contributed by atoms with Crippen molar-refractivity contribution in [2.75, 3.05) is 5.84 Å². The third-order valence-corrected chi connectivity index (χ3v) is 5.28. The molecular weight excluding hydrogens is 298 g/mol. The highest BCUT2D eigenvalue weighted by Gasteiger charge is 2.28. The van der Waals surface area contributed by atoms with Gasteiger partial charge in [-0.05, 0) is 17.4 Å². The average molecular weight is 321 g/mol. The Balaban J connectivity index is 2.14. The second-order valence-electron chi connectivity index (χ2n) is 6.78. The van der Waals surface area contributed by atoms with E-state index in [9.17, 15) is 4.79 Å². The second kappa shape index (κ2) is 5.66. The molecule has 0 aliphatic carbocycles. The predicted octanol–water partition coefficient (Wildman–Crippen LogP) is 2.47. The van der Waals surface area contributed by atoms with Crippen LogP contribution in [-0.4, -0.2) is 15.8 Å². The lowest BCUT2D eigenvalue weighted by molar-refractivity contribution is 0.00200. The molecule has 0 spiro atoms. The van der Waals surface area contributed by atoms with Crippen LogP contribution in [0.5, 0.6) is 0 Å². The van der Waals surface area contributed by atoms with E-state index >= 15 is 0 Å². The molecule has 0 saturated heterocycles. The first-order valence-electron chi connectivity index (χ1n) is 7.81. The van der Waals surface area contributed by atoms with Crippen LogP contribution in [0.2, 0.25) is 0 Å². The van der Waals surface area contributed by atoms with Crippen molar-refractivity contribution in [1.29, 1.82) is 0 Å². The highest BCUT2D eigenvalue weighted by molar-refractivity contribution is 7.18. The molecule has 1 aliphatic heterocycles. The molecule has 6 heteroatoms. The Morgan fingerprint density at radius 2 is 2.14 bits per heavy atom. The van der Waals surface area contributed by atoms with Crippen LogP contribution in [0.25, 0.3) is 10.2 Å². The van der Waals surface area contributed by atoms with E-state index < -0.39 is 0 Å². The van der Waals surface area contributed by atoms with Gasteiger partial charge in [-0.1, -0.05) is 27.7 Å². The fourth-order valence-corrected chi connectivity index (χ4v) is 4.05. The lowest BCUT2D eigenvalue weighted by Crippen LogP contribution is -2.33. The van der Waals surface area contributed by atoms with Gasteiger partial charge in [0, 0.05) is 17.7 Å². The number of nitrogen functional groups attached to an aromatic ring is 1. The molecule has 2 aromatic rings. The zero-order valence-electron chi connectivity index (χ0n) is 13.5. The minimum absolute atomic E-state index is 0.123. The number of rotatable bonds is 3. The number of nitrogens with zero attached hydrogens (tertiary/aromatic N) is 2. The van der Waals surface area contributed by atoms with Gasteiger partial charge in [-0.25, -0.2) is 9.66 Å². The minimum Gasteiger partial charge on any atom is -0.372 e. The summed E-state index contributed by atoms with van der Waals surface area (Å²) in [6.07, 6.45) is 1.63. The smallest absolute Gasteiger partial charge is 0.280 e. The van der Waals surface area contributed by atoms with Crippen LogP contribution in [0.4, 0.5) is 0 Å². The highest BCUT2D eigenvalue weighted by Crippen LogP contribution is 2.35. The van der Waals surface area contributed by atoms with Crippen LogP contribution in [0.15, 0.2) is 4.79 Å². The molecule has 0 amide bonds. The lowest BCUT2D eigenvalue weighted by Gasteiger charge is -2.26. The molecule has 2 aromatic heterocycles. The van der Waals surface area contributed by atoms with Gasteiger partial charge in [-0.2, -0.15) is 0 Å². The number of hydrogen-bond donors (Lipinski definition) is 1. The van der Waals surface area contributed by atoms with E-state index in [1.54, 1.807) is 11.3 Å². The first kappa shape index (κ1) is 15.5. The van der Waals surface area contributed by atoms with Crippen molar-refractivity contribution in [3.63, 3.8) is 0 Å². The molecule has 0 bridgehead atoms. The van der Waals surface area contributed by atoms with Crippen molar-refractivity contribution in [2.24, 2.45) is 11.8 Å². The molecule has 2 N–H and O–H groups in total. The Labute approximate surface area is 134 Å². The lowest BCUT2D eigenvalue weighted by atomic mass is 9.96. The van der Waals surface area contributed by atoms with E-state index in [4.69, 9.17) is 10.6 Å². The predicted molar refractivity (Wildman–Crippen MR) is 89.7 cm³/mol. The van der Waals surface area contributed by atoms with Gasteiger partial charge in [0.25, 0.3) is 5.56 Å². The largest absolute Gasteiger partial charge is 0.372 e. The van der Waals surface area contributed by atoms with Crippen LogP contribution in [0.3, 0.4) is 0 Å². The zero-order valence-corrected chi connectivity index (χ0v) is 14.4. The molecule has 1 atom stereocenters. The van der Waals surface area contributed by atoms with Gasteiger partial charge in [0.05, 0.1) is 18.1 Å². The number of thiophene rings is 1. The van der Waals surface area contributed by atoms with Crippen LogP contribution in [0.1, 0.15) is 44.0 Å². The molecule has 0 aromatic carbocycles. The number of nitrogens with two attached hydrogens (primary N) is 1. The first-order valence-corrected chi connectivity index (χ1v) is 8.63. The summed E-state index contributed by atoms with van der Waals surface area (Å²) in [7, 11) is 0. The highest BCUT2D eigenvalue weighted by atomic mass is 32.1. The van der Waals surface area contributed by atoms with Gasteiger partial charge in [-0.3, -0.25) is 4.79 Å². The third-order valence-electron chi connectivity index (χ3n) is 4.18. The van der Waals surface area contributed by atoms with Crippen LogP contribution < -0.4 is 11.4 Å². The molecule has 22 heavy (non-hydrogen) atoms. The Bertz CT molecular complexity index is 761. The Kier molecular flexibility index (Phi) is 3.99. The number of hydrogen-bond acceptors (Lipinski definition) is 5. The van der Waals surface area contributed by atoms with Gasteiger partial charge in [0.1, 0.15) is 10.7 Å². The molecule has 1 aliphatic rings. The van der Waals surface area contributed by atoms with Gasteiger partial charge in [0.2, 0.25) is 0 Å². The van der Waals surface area contributed by atoms with Gasteiger partial charge in [0.15, 0.2) is 0 Å². The Morgan fingerprint density at radius 1 is 1.41 bits per heavy atom. The topological polar surface area (TPSA) is 70.1 Å². The van der Waals surface area contributed by atoms with E-state index in [0.717, 1.165) is 21.7 Å². The molecule has 0 unspecified atom stereocenters. The van der Waals surface area contributed by atoms with Crippen molar-refractivity contribution in [3.05, 3.63) is 26.6 Å². The minimum atomic E-state index is -0.123. The van der Waals surface area contributed by atoms with E-state index in [1.807, 2.05) is 0 Å². The summed E-state index contributed by atoms with van der Waals surface area (Å²) in [5, 5.41) is 0.698. The maximum Gasteiger partial charge on any atom is 0.280 e. The van der Waals surface area contributed by atoms with E-state index in [-0.39, 0.29) is 11.7 Å². The molecule has 0 saturated carbocycles. The van der Waals surface area contributed by atoms with Gasteiger partial charge >= 0.3 is 0 Å². The monoisotopic (exact) mass is 321 g/mol. The fourth-order valence-electron chi connectivity index (χ4n) is 2.92. The molecule has 0 fully saturated rings. The molecule has 3 rings (SSSR count). The molecule has 5 nitrogen and oxygen atoms in total. The Morgan fingerprint density at radius 3 is 2.77 bits per heavy atom. The zero-order chi connectivity index (χ0) is 16.0. The normalized spacial score (nSPS) is 18.4. The summed E-state index contributed by atoms with van der Waals surface area (Å²) >= 11 is 1.57. The van der Waals surface area contributed by atoms with Crippen molar-refractivity contribution in [2.45, 2.75) is 53.2 Å². The standard InChI is InChI=1S/C16H23N3O2S/c1-8(2)5-13-18-15-14(16(20)19(13)17)10-6-11(9(3)4)21-7-12(10)22-15/h8-9,11H,5-7,17H2,1-4H3/t11-/m1/s1. The number of aromatic nitrogens is 2. The third kappa shape index (κ3) is 2.54. The maximum atomic E-state index is 12.7.